The minimum Gasteiger partial charge on any atom is -0.303 e. The molecule has 0 aliphatic carbocycles. The highest BCUT2D eigenvalue weighted by Crippen LogP contribution is 2.26. The molecule has 0 unspecified atom stereocenters. The lowest BCUT2D eigenvalue weighted by Gasteiger charge is -2.25. The van der Waals surface area contributed by atoms with Gasteiger partial charge in [-0.25, -0.2) is 0 Å². The topological polar surface area (TPSA) is 12.0 Å². The number of halogens is 1. The predicted molar refractivity (Wildman–Crippen MR) is 75.7 cm³/mol. The van der Waals surface area contributed by atoms with E-state index >= 15 is 0 Å². The average molecular weight is 248 g/mol. The van der Waals surface area contributed by atoms with E-state index in [1.807, 2.05) is 0 Å². The molecule has 0 spiro atoms. The minimum atomic E-state index is 0.0962. The van der Waals surface area contributed by atoms with Gasteiger partial charge in [-0.1, -0.05) is 56.3 Å². The SMILES string of the molecule is CC(C)(CNCCl)c1ccc2ccccc2c1. The Morgan fingerprint density at radius 2 is 1.76 bits per heavy atom. The molecule has 0 aliphatic rings. The van der Waals surface area contributed by atoms with Gasteiger partial charge >= 0.3 is 0 Å². The molecule has 2 aromatic carbocycles. The first-order valence-corrected chi connectivity index (χ1v) is 6.43. The van der Waals surface area contributed by atoms with Gasteiger partial charge in [-0.15, -0.1) is 11.6 Å². The summed E-state index contributed by atoms with van der Waals surface area (Å²) in [5, 5.41) is 5.79. The van der Waals surface area contributed by atoms with Gasteiger partial charge in [0.15, 0.2) is 0 Å². The molecule has 0 fully saturated rings. The van der Waals surface area contributed by atoms with Crippen molar-refractivity contribution in [2.75, 3.05) is 12.5 Å². The Morgan fingerprint density at radius 3 is 2.47 bits per heavy atom. The molecule has 0 atom stereocenters. The van der Waals surface area contributed by atoms with Crippen LogP contribution < -0.4 is 5.32 Å². The molecule has 0 aromatic heterocycles. The van der Waals surface area contributed by atoms with Gasteiger partial charge in [0, 0.05) is 12.0 Å². The van der Waals surface area contributed by atoms with Gasteiger partial charge in [0.1, 0.15) is 0 Å². The number of hydrogen-bond donors (Lipinski definition) is 1. The summed E-state index contributed by atoms with van der Waals surface area (Å²) < 4.78 is 0. The first-order valence-electron chi connectivity index (χ1n) is 5.89. The Balaban J connectivity index is 2.35. The number of fused-ring (bicyclic) bond motifs is 1. The quantitative estimate of drug-likeness (QED) is 0.638. The lowest BCUT2D eigenvalue weighted by atomic mass is 9.83. The van der Waals surface area contributed by atoms with Crippen LogP contribution >= 0.6 is 11.6 Å². The van der Waals surface area contributed by atoms with Gasteiger partial charge in [0.2, 0.25) is 0 Å². The van der Waals surface area contributed by atoms with Crippen molar-refractivity contribution in [2.24, 2.45) is 0 Å². The molecular formula is C15H18ClN. The first-order chi connectivity index (χ1) is 8.13. The molecule has 2 heteroatoms. The molecule has 90 valence electrons. The average Bonchev–Trinajstić information content (AvgIpc) is 2.36. The van der Waals surface area contributed by atoms with E-state index in [0.29, 0.717) is 6.00 Å². The summed E-state index contributed by atoms with van der Waals surface area (Å²) in [5.41, 5.74) is 1.44. The Morgan fingerprint density at radius 1 is 1.06 bits per heavy atom. The van der Waals surface area contributed by atoms with Crippen LogP contribution in [-0.2, 0) is 5.41 Å². The van der Waals surface area contributed by atoms with Crippen molar-refractivity contribution in [3.8, 4) is 0 Å². The molecule has 2 rings (SSSR count). The Hall–Kier alpha value is -1.05. The molecule has 1 nitrogen and oxygen atoms in total. The second-order valence-corrected chi connectivity index (χ2v) is 5.27. The van der Waals surface area contributed by atoms with Crippen LogP contribution in [0.1, 0.15) is 19.4 Å². The van der Waals surface area contributed by atoms with Crippen LogP contribution in [0.15, 0.2) is 42.5 Å². The summed E-state index contributed by atoms with van der Waals surface area (Å²) in [7, 11) is 0. The maximum atomic E-state index is 5.68. The van der Waals surface area contributed by atoms with Crippen LogP contribution in [-0.4, -0.2) is 12.5 Å². The van der Waals surface area contributed by atoms with E-state index < -0.39 is 0 Å². The lowest BCUT2D eigenvalue weighted by Crippen LogP contribution is -2.32. The molecule has 17 heavy (non-hydrogen) atoms. The van der Waals surface area contributed by atoms with E-state index in [4.69, 9.17) is 11.6 Å². The van der Waals surface area contributed by atoms with Crippen LogP contribution in [0, 0.1) is 0 Å². The van der Waals surface area contributed by atoms with Crippen LogP contribution in [0.4, 0.5) is 0 Å². The number of nitrogens with one attached hydrogen (secondary N) is 1. The smallest absolute Gasteiger partial charge is 0.0713 e. The van der Waals surface area contributed by atoms with Gasteiger partial charge in [-0.2, -0.15) is 0 Å². The number of alkyl halides is 1. The van der Waals surface area contributed by atoms with Gasteiger partial charge < -0.3 is 5.32 Å². The molecule has 0 amide bonds. The summed E-state index contributed by atoms with van der Waals surface area (Å²) in [6, 6.07) is 15.6. The van der Waals surface area contributed by atoms with E-state index in [1.54, 1.807) is 0 Å². The van der Waals surface area contributed by atoms with Crippen molar-refractivity contribution in [3.05, 3.63) is 48.0 Å². The Kier molecular flexibility index (Phi) is 3.70. The molecule has 0 saturated heterocycles. The minimum absolute atomic E-state index is 0.0962. The van der Waals surface area contributed by atoms with E-state index in [0.717, 1.165) is 6.54 Å². The summed E-state index contributed by atoms with van der Waals surface area (Å²) in [6.07, 6.45) is 0. The molecule has 0 bridgehead atoms. The molecule has 0 saturated carbocycles. The molecule has 1 N–H and O–H groups in total. The van der Waals surface area contributed by atoms with E-state index in [-0.39, 0.29) is 5.41 Å². The standard InChI is InChI=1S/C15H18ClN/c1-15(2,10-17-11-16)14-8-7-12-5-3-4-6-13(12)9-14/h3-9,17H,10-11H2,1-2H3. The fourth-order valence-corrected chi connectivity index (χ4v) is 2.17. The third-order valence-electron chi connectivity index (χ3n) is 3.19. The van der Waals surface area contributed by atoms with Crippen LogP contribution in [0.2, 0.25) is 0 Å². The molecular weight excluding hydrogens is 230 g/mol. The molecule has 2 aromatic rings. The predicted octanol–water partition coefficient (Wildman–Crippen LogP) is 3.90. The Labute approximate surface area is 108 Å². The van der Waals surface area contributed by atoms with E-state index in [1.165, 1.54) is 16.3 Å². The fourth-order valence-electron chi connectivity index (χ4n) is 2.07. The van der Waals surface area contributed by atoms with Crippen molar-refractivity contribution in [2.45, 2.75) is 19.3 Å². The monoisotopic (exact) mass is 247 g/mol. The number of hydrogen-bond acceptors (Lipinski definition) is 1. The van der Waals surface area contributed by atoms with Crippen molar-refractivity contribution < 1.29 is 0 Å². The van der Waals surface area contributed by atoms with Crippen molar-refractivity contribution in [3.63, 3.8) is 0 Å². The third-order valence-corrected chi connectivity index (χ3v) is 3.38. The summed E-state index contributed by atoms with van der Waals surface area (Å²) in [6.45, 7) is 5.35. The fraction of sp³-hybridized carbons (Fsp3) is 0.333. The normalized spacial score (nSPS) is 11.9. The van der Waals surface area contributed by atoms with Crippen molar-refractivity contribution in [1.29, 1.82) is 0 Å². The first kappa shape index (κ1) is 12.4. The molecule has 0 radical (unpaired) electrons. The highest BCUT2D eigenvalue weighted by molar-refractivity contribution is 6.17. The Bertz CT molecular complexity index is 505. The van der Waals surface area contributed by atoms with Crippen LogP contribution in [0.25, 0.3) is 10.8 Å². The largest absolute Gasteiger partial charge is 0.303 e. The zero-order chi connectivity index (χ0) is 12.3. The maximum Gasteiger partial charge on any atom is 0.0713 e. The summed E-state index contributed by atoms with van der Waals surface area (Å²) in [5.74, 6) is 0. The third kappa shape index (κ3) is 2.80. The zero-order valence-corrected chi connectivity index (χ0v) is 11.1. The second kappa shape index (κ2) is 5.07. The van der Waals surface area contributed by atoms with Crippen molar-refractivity contribution >= 4 is 22.4 Å². The highest BCUT2D eigenvalue weighted by Gasteiger charge is 2.19. The second-order valence-electron chi connectivity index (χ2n) is 5.01. The highest BCUT2D eigenvalue weighted by atomic mass is 35.5. The maximum absolute atomic E-state index is 5.68. The summed E-state index contributed by atoms with van der Waals surface area (Å²) >= 11 is 5.68. The van der Waals surface area contributed by atoms with Gasteiger partial charge in [0.25, 0.3) is 0 Å². The lowest BCUT2D eigenvalue weighted by molar-refractivity contribution is 0.489. The molecule has 0 aliphatic heterocycles. The molecule has 0 heterocycles. The number of benzene rings is 2. The van der Waals surface area contributed by atoms with Gasteiger partial charge in [0.05, 0.1) is 6.00 Å². The van der Waals surface area contributed by atoms with Crippen molar-refractivity contribution in [1.82, 2.24) is 5.32 Å². The van der Waals surface area contributed by atoms with Gasteiger partial charge in [-0.3, -0.25) is 0 Å². The van der Waals surface area contributed by atoms with Crippen LogP contribution in [0.5, 0.6) is 0 Å². The van der Waals surface area contributed by atoms with E-state index in [9.17, 15) is 0 Å². The summed E-state index contributed by atoms with van der Waals surface area (Å²) in [4.78, 5) is 0. The van der Waals surface area contributed by atoms with Crippen LogP contribution in [0.3, 0.4) is 0 Å². The zero-order valence-electron chi connectivity index (χ0n) is 10.3. The van der Waals surface area contributed by atoms with E-state index in [2.05, 4.69) is 61.6 Å². The number of rotatable bonds is 4. The van der Waals surface area contributed by atoms with Gasteiger partial charge in [-0.05, 0) is 16.3 Å².